The summed E-state index contributed by atoms with van der Waals surface area (Å²) in [6, 6.07) is 6.79. The lowest BCUT2D eigenvalue weighted by Crippen LogP contribution is -2.06. The fraction of sp³-hybridized carbons (Fsp3) is 0.176. The van der Waals surface area contributed by atoms with Crippen LogP contribution in [0, 0.1) is 12.1 Å². The van der Waals surface area contributed by atoms with E-state index in [9.17, 15) is 5.21 Å². The molecular weight excluding hydrogens is 316 g/mol. The molecule has 0 bridgehead atoms. The van der Waals surface area contributed by atoms with Crippen LogP contribution in [0.15, 0.2) is 37.0 Å². The number of aromatic nitrogens is 1. The fourth-order valence-corrected chi connectivity index (χ4v) is 2.12. The number of methoxy groups -OCH3 is 2. The van der Waals surface area contributed by atoms with Gasteiger partial charge in [0, 0.05) is 17.8 Å². The van der Waals surface area contributed by atoms with Gasteiger partial charge in [0.2, 0.25) is 5.70 Å². The summed E-state index contributed by atoms with van der Waals surface area (Å²) >= 11 is 5.87. The van der Waals surface area contributed by atoms with Crippen molar-refractivity contribution >= 4 is 23.5 Å². The van der Waals surface area contributed by atoms with Crippen LogP contribution < -0.4 is 9.47 Å². The van der Waals surface area contributed by atoms with Gasteiger partial charge in [-0.05, 0) is 37.3 Å². The van der Waals surface area contributed by atoms with Crippen LogP contribution in [0.25, 0.3) is 5.70 Å². The molecule has 0 saturated heterocycles. The summed E-state index contributed by atoms with van der Waals surface area (Å²) in [6.07, 6.45) is 3.02. The molecular formula is C17H17ClN2O3. The molecule has 0 fully saturated rings. The molecule has 0 N–H and O–H groups in total. The lowest BCUT2D eigenvalue weighted by molar-refractivity contribution is -0.344. The molecule has 0 aliphatic heterocycles. The molecule has 0 saturated carbocycles. The largest absolute Gasteiger partial charge is 0.618 e. The molecule has 1 heterocycles. The Morgan fingerprint density at radius 3 is 2.39 bits per heavy atom. The van der Waals surface area contributed by atoms with Crippen molar-refractivity contribution in [1.82, 2.24) is 4.98 Å². The highest BCUT2D eigenvalue weighted by Gasteiger charge is 2.12. The zero-order valence-corrected chi connectivity index (χ0v) is 13.9. The lowest BCUT2D eigenvalue weighted by atomic mass is 10.1. The number of hydroxylamine groups is 1. The normalized spacial score (nSPS) is 11.2. The molecule has 0 unspecified atom stereocenters. The number of hydrogen-bond donors (Lipinski definition) is 0. The van der Waals surface area contributed by atoms with Gasteiger partial charge < -0.3 is 14.7 Å². The molecule has 0 atom stereocenters. The number of nitrogens with zero attached hydrogens (tertiary/aromatic N) is 2. The van der Waals surface area contributed by atoms with Gasteiger partial charge in [0.15, 0.2) is 6.21 Å². The van der Waals surface area contributed by atoms with E-state index < -0.39 is 0 Å². The van der Waals surface area contributed by atoms with Gasteiger partial charge in [0.25, 0.3) is 0 Å². The van der Waals surface area contributed by atoms with Crippen molar-refractivity contribution in [3.05, 3.63) is 64.1 Å². The molecule has 23 heavy (non-hydrogen) atoms. The summed E-state index contributed by atoms with van der Waals surface area (Å²) in [6.45, 7) is 5.69. The zero-order chi connectivity index (χ0) is 17.0. The standard InChI is InChI=1S/C17H17ClN2O3/c1-11-9-19-17(18)7-14(11)10-20(21)12(2)13-5-15(22-3)8-16(6-13)23-4/h5-10H,2H2,1,3-4H3/b20-10+. The molecule has 1 aromatic heterocycles. The molecule has 0 radical (unpaired) electrons. The first-order valence-electron chi connectivity index (χ1n) is 6.80. The molecule has 2 rings (SSSR count). The second-order valence-corrected chi connectivity index (χ2v) is 5.25. The van der Waals surface area contributed by atoms with Gasteiger partial charge in [-0.1, -0.05) is 11.6 Å². The SMILES string of the molecule is C=C(c1cc(OC)cc(OC)c1)/[N+]([O-])=C\c1cc(Cl)ncc1C. The van der Waals surface area contributed by atoms with Crippen LogP contribution in [0.2, 0.25) is 5.15 Å². The summed E-state index contributed by atoms with van der Waals surface area (Å²) in [5.41, 5.74) is 2.38. The Balaban J connectivity index is 2.39. The number of halogens is 1. The van der Waals surface area contributed by atoms with Gasteiger partial charge in [0.1, 0.15) is 16.7 Å². The van der Waals surface area contributed by atoms with Crippen LogP contribution in [-0.4, -0.2) is 30.2 Å². The third-order valence-electron chi connectivity index (χ3n) is 3.32. The maximum atomic E-state index is 12.4. The minimum atomic E-state index is 0.259. The van der Waals surface area contributed by atoms with E-state index >= 15 is 0 Å². The number of hydrogen-bond acceptors (Lipinski definition) is 4. The van der Waals surface area contributed by atoms with Crippen LogP contribution in [-0.2, 0) is 0 Å². The van der Waals surface area contributed by atoms with Crippen LogP contribution in [0.3, 0.4) is 0 Å². The third kappa shape index (κ3) is 4.02. The molecule has 1 aromatic carbocycles. The van der Waals surface area contributed by atoms with E-state index in [-0.39, 0.29) is 5.70 Å². The van der Waals surface area contributed by atoms with Crippen molar-refractivity contribution in [3.63, 3.8) is 0 Å². The minimum absolute atomic E-state index is 0.259. The third-order valence-corrected chi connectivity index (χ3v) is 3.53. The zero-order valence-electron chi connectivity index (χ0n) is 13.2. The average molecular weight is 333 g/mol. The molecule has 0 spiro atoms. The maximum Gasteiger partial charge on any atom is 0.216 e. The van der Waals surface area contributed by atoms with E-state index in [2.05, 4.69) is 11.6 Å². The van der Waals surface area contributed by atoms with E-state index in [1.807, 2.05) is 6.92 Å². The quantitative estimate of drug-likeness (QED) is 0.276. The molecule has 120 valence electrons. The van der Waals surface area contributed by atoms with E-state index in [1.165, 1.54) is 6.21 Å². The summed E-state index contributed by atoms with van der Waals surface area (Å²) in [5, 5.41) is 12.7. The number of rotatable bonds is 5. The molecule has 5 nitrogen and oxygen atoms in total. The average Bonchev–Trinajstić information content (AvgIpc) is 2.56. The van der Waals surface area contributed by atoms with Crippen molar-refractivity contribution in [2.24, 2.45) is 0 Å². The predicted octanol–water partition coefficient (Wildman–Crippen LogP) is 3.66. The van der Waals surface area contributed by atoms with Crippen LogP contribution in [0.4, 0.5) is 0 Å². The first kappa shape index (κ1) is 16.8. The Labute approximate surface area is 140 Å². The summed E-state index contributed by atoms with van der Waals surface area (Å²) in [7, 11) is 3.09. The number of aryl methyl sites for hydroxylation is 1. The van der Waals surface area contributed by atoms with Gasteiger partial charge in [-0.15, -0.1) is 0 Å². The highest BCUT2D eigenvalue weighted by molar-refractivity contribution is 6.29. The van der Waals surface area contributed by atoms with Gasteiger partial charge in [0.05, 0.1) is 19.8 Å². The van der Waals surface area contributed by atoms with Crippen LogP contribution in [0.5, 0.6) is 11.5 Å². The first-order valence-corrected chi connectivity index (χ1v) is 7.18. The van der Waals surface area contributed by atoms with Gasteiger partial charge >= 0.3 is 0 Å². The summed E-state index contributed by atoms with van der Waals surface area (Å²) in [5.74, 6) is 1.16. The molecule has 0 aliphatic rings. The Morgan fingerprint density at radius 1 is 1.22 bits per heavy atom. The van der Waals surface area contributed by atoms with Gasteiger partial charge in [-0.25, -0.2) is 4.98 Å². The van der Waals surface area contributed by atoms with Crippen molar-refractivity contribution in [3.8, 4) is 11.5 Å². The Hall–Kier alpha value is -2.53. The molecule has 6 heteroatoms. The van der Waals surface area contributed by atoms with E-state index in [4.69, 9.17) is 21.1 Å². The second-order valence-electron chi connectivity index (χ2n) is 4.87. The fourth-order valence-electron chi connectivity index (χ4n) is 1.96. The van der Waals surface area contributed by atoms with E-state index in [1.54, 1.807) is 44.7 Å². The van der Waals surface area contributed by atoms with Crippen molar-refractivity contribution < 1.29 is 14.2 Å². The molecule has 0 amide bonds. The Bertz CT molecular complexity index is 750. The smallest absolute Gasteiger partial charge is 0.216 e. The van der Waals surface area contributed by atoms with Gasteiger partial charge in [-0.3, -0.25) is 0 Å². The predicted molar refractivity (Wildman–Crippen MR) is 91.4 cm³/mol. The highest BCUT2D eigenvalue weighted by atomic mass is 35.5. The van der Waals surface area contributed by atoms with Crippen LogP contribution in [0.1, 0.15) is 16.7 Å². The van der Waals surface area contributed by atoms with Crippen molar-refractivity contribution in [2.75, 3.05) is 14.2 Å². The van der Waals surface area contributed by atoms with Crippen molar-refractivity contribution in [2.45, 2.75) is 6.92 Å². The lowest BCUT2D eigenvalue weighted by Gasteiger charge is -2.10. The topological polar surface area (TPSA) is 57.4 Å². The van der Waals surface area contributed by atoms with Gasteiger partial charge in [-0.2, -0.15) is 4.74 Å². The molecule has 2 aromatic rings. The monoisotopic (exact) mass is 332 g/mol. The maximum absolute atomic E-state index is 12.4. The second kappa shape index (κ2) is 7.15. The first-order chi connectivity index (χ1) is 10.9. The number of ether oxygens (including phenoxy) is 2. The van der Waals surface area contributed by atoms with E-state index in [0.29, 0.717) is 32.5 Å². The summed E-state index contributed by atoms with van der Waals surface area (Å²) < 4.78 is 11.1. The molecule has 0 aliphatic carbocycles. The Kier molecular flexibility index (Phi) is 5.24. The number of pyridine rings is 1. The minimum Gasteiger partial charge on any atom is -0.618 e. The Morgan fingerprint density at radius 2 is 1.83 bits per heavy atom. The van der Waals surface area contributed by atoms with Crippen molar-refractivity contribution in [1.29, 1.82) is 0 Å². The van der Waals surface area contributed by atoms with E-state index in [0.717, 1.165) is 5.56 Å². The number of benzene rings is 1. The van der Waals surface area contributed by atoms with Crippen LogP contribution >= 0.6 is 11.6 Å². The summed E-state index contributed by atoms with van der Waals surface area (Å²) in [4.78, 5) is 3.96. The highest BCUT2D eigenvalue weighted by Crippen LogP contribution is 2.26.